The molecule has 19 heavy (non-hydrogen) atoms. The Hall–Kier alpha value is -1.32. The standard InChI is InChI=1S/C16H21NOS/c1-4-18-15-7-5-11(2)9-13(15)14(10-17)16-8-6-12(3)19-16/h5-9,14H,4,10,17H2,1-3H3. The molecule has 0 aliphatic heterocycles. The predicted octanol–water partition coefficient (Wildman–Crippen LogP) is 3.85. The first-order valence-corrected chi connectivity index (χ1v) is 7.47. The third kappa shape index (κ3) is 3.17. The van der Waals surface area contributed by atoms with Crippen LogP contribution in [0.2, 0.25) is 0 Å². The van der Waals surface area contributed by atoms with E-state index in [4.69, 9.17) is 10.5 Å². The maximum atomic E-state index is 6.01. The number of aryl methyl sites for hydroxylation is 2. The molecule has 102 valence electrons. The molecule has 2 rings (SSSR count). The van der Waals surface area contributed by atoms with Crippen molar-refractivity contribution in [3.05, 3.63) is 51.2 Å². The van der Waals surface area contributed by atoms with Gasteiger partial charge in [-0.1, -0.05) is 17.7 Å². The Bertz CT molecular complexity index is 547. The van der Waals surface area contributed by atoms with E-state index in [2.05, 4.69) is 44.2 Å². The van der Waals surface area contributed by atoms with E-state index in [1.54, 1.807) is 0 Å². The van der Waals surface area contributed by atoms with Gasteiger partial charge in [-0.3, -0.25) is 0 Å². The maximum Gasteiger partial charge on any atom is 0.123 e. The zero-order chi connectivity index (χ0) is 13.8. The average molecular weight is 275 g/mol. The van der Waals surface area contributed by atoms with Gasteiger partial charge in [-0.2, -0.15) is 0 Å². The summed E-state index contributed by atoms with van der Waals surface area (Å²) < 4.78 is 5.75. The highest BCUT2D eigenvalue weighted by Crippen LogP contribution is 2.35. The summed E-state index contributed by atoms with van der Waals surface area (Å²) in [5, 5.41) is 0. The molecule has 0 bridgehead atoms. The quantitative estimate of drug-likeness (QED) is 0.899. The minimum atomic E-state index is 0.222. The van der Waals surface area contributed by atoms with Gasteiger partial charge in [0.25, 0.3) is 0 Å². The van der Waals surface area contributed by atoms with Crippen LogP contribution in [-0.2, 0) is 0 Å². The molecule has 2 aromatic rings. The molecule has 0 aliphatic carbocycles. The molecule has 0 saturated heterocycles. The number of thiophene rings is 1. The van der Waals surface area contributed by atoms with E-state index in [-0.39, 0.29) is 5.92 Å². The molecule has 1 unspecified atom stereocenters. The molecule has 0 aliphatic rings. The van der Waals surface area contributed by atoms with Crippen molar-refractivity contribution in [2.75, 3.05) is 13.2 Å². The van der Waals surface area contributed by atoms with Gasteiger partial charge in [-0.25, -0.2) is 0 Å². The second-order valence-electron chi connectivity index (χ2n) is 4.71. The van der Waals surface area contributed by atoms with E-state index in [1.807, 2.05) is 18.3 Å². The smallest absolute Gasteiger partial charge is 0.123 e. The Morgan fingerprint density at radius 1 is 1.21 bits per heavy atom. The lowest BCUT2D eigenvalue weighted by molar-refractivity contribution is 0.335. The van der Waals surface area contributed by atoms with Gasteiger partial charge in [0.05, 0.1) is 6.61 Å². The van der Waals surface area contributed by atoms with Gasteiger partial charge in [-0.15, -0.1) is 11.3 Å². The fourth-order valence-corrected chi connectivity index (χ4v) is 3.27. The van der Waals surface area contributed by atoms with E-state index >= 15 is 0 Å². The van der Waals surface area contributed by atoms with Gasteiger partial charge in [0.2, 0.25) is 0 Å². The van der Waals surface area contributed by atoms with Crippen molar-refractivity contribution in [3.8, 4) is 5.75 Å². The molecule has 0 spiro atoms. The molecule has 2 nitrogen and oxygen atoms in total. The van der Waals surface area contributed by atoms with Crippen LogP contribution in [-0.4, -0.2) is 13.2 Å². The van der Waals surface area contributed by atoms with E-state index in [0.29, 0.717) is 13.2 Å². The molecular weight excluding hydrogens is 254 g/mol. The number of benzene rings is 1. The fraction of sp³-hybridized carbons (Fsp3) is 0.375. The SMILES string of the molecule is CCOc1ccc(C)cc1C(CN)c1ccc(C)s1. The topological polar surface area (TPSA) is 35.2 Å². The van der Waals surface area contributed by atoms with Crippen molar-refractivity contribution < 1.29 is 4.74 Å². The highest BCUT2D eigenvalue weighted by Gasteiger charge is 2.18. The van der Waals surface area contributed by atoms with Gasteiger partial charge in [-0.05, 0) is 39.0 Å². The normalized spacial score (nSPS) is 12.4. The summed E-state index contributed by atoms with van der Waals surface area (Å²) >= 11 is 1.81. The van der Waals surface area contributed by atoms with E-state index in [1.165, 1.54) is 20.9 Å². The molecule has 0 fully saturated rings. The third-order valence-corrected chi connectivity index (χ3v) is 4.30. The van der Waals surface area contributed by atoms with Gasteiger partial charge in [0, 0.05) is 27.8 Å². The molecule has 1 aromatic heterocycles. The molecular formula is C16H21NOS. The van der Waals surface area contributed by atoms with Gasteiger partial charge >= 0.3 is 0 Å². The second kappa shape index (κ2) is 6.22. The first kappa shape index (κ1) is 14.1. The Morgan fingerprint density at radius 3 is 2.58 bits per heavy atom. The Labute approximate surface area is 119 Å². The molecule has 0 amide bonds. The van der Waals surface area contributed by atoms with Crippen molar-refractivity contribution in [2.24, 2.45) is 5.73 Å². The van der Waals surface area contributed by atoms with Crippen molar-refractivity contribution in [1.82, 2.24) is 0 Å². The van der Waals surface area contributed by atoms with E-state index in [0.717, 1.165) is 5.75 Å². The molecule has 3 heteroatoms. The molecule has 0 radical (unpaired) electrons. The minimum absolute atomic E-state index is 0.222. The summed E-state index contributed by atoms with van der Waals surface area (Å²) in [7, 11) is 0. The number of hydrogen-bond donors (Lipinski definition) is 1. The lowest BCUT2D eigenvalue weighted by Gasteiger charge is -2.18. The van der Waals surface area contributed by atoms with Crippen LogP contribution in [0.15, 0.2) is 30.3 Å². The molecule has 1 atom stereocenters. The van der Waals surface area contributed by atoms with Crippen LogP contribution in [0.1, 0.15) is 33.7 Å². The van der Waals surface area contributed by atoms with Crippen LogP contribution in [0, 0.1) is 13.8 Å². The third-order valence-electron chi connectivity index (χ3n) is 3.18. The number of ether oxygens (including phenoxy) is 1. The first-order chi connectivity index (χ1) is 9.15. The lowest BCUT2D eigenvalue weighted by atomic mass is 9.95. The zero-order valence-electron chi connectivity index (χ0n) is 11.8. The minimum Gasteiger partial charge on any atom is -0.494 e. The Kier molecular flexibility index (Phi) is 4.61. The molecule has 2 N–H and O–H groups in total. The molecule has 1 aromatic carbocycles. The Balaban J connectivity index is 2.44. The van der Waals surface area contributed by atoms with Crippen molar-refractivity contribution in [2.45, 2.75) is 26.7 Å². The fourth-order valence-electron chi connectivity index (χ4n) is 2.26. The molecule has 0 saturated carbocycles. The van der Waals surface area contributed by atoms with Crippen LogP contribution in [0.4, 0.5) is 0 Å². The van der Waals surface area contributed by atoms with Crippen LogP contribution in [0.5, 0.6) is 5.75 Å². The monoisotopic (exact) mass is 275 g/mol. The summed E-state index contributed by atoms with van der Waals surface area (Å²) in [6, 6.07) is 10.7. The van der Waals surface area contributed by atoms with E-state index < -0.39 is 0 Å². The van der Waals surface area contributed by atoms with Crippen LogP contribution in [0.3, 0.4) is 0 Å². The van der Waals surface area contributed by atoms with Crippen LogP contribution < -0.4 is 10.5 Å². The summed E-state index contributed by atoms with van der Waals surface area (Å²) in [5.74, 6) is 1.18. The number of nitrogens with two attached hydrogens (primary N) is 1. The Morgan fingerprint density at radius 2 is 2.00 bits per heavy atom. The van der Waals surface area contributed by atoms with E-state index in [9.17, 15) is 0 Å². The lowest BCUT2D eigenvalue weighted by Crippen LogP contribution is -2.14. The van der Waals surface area contributed by atoms with Gasteiger partial charge in [0.15, 0.2) is 0 Å². The maximum absolute atomic E-state index is 6.01. The summed E-state index contributed by atoms with van der Waals surface area (Å²) in [4.78, 5) is 2.63. The van der Waals surface area contributed by atoms with Gasteiger partial charge in [0.1, 0.15) is 5.75 Å². The van der Waals surface area contributed by atoms with Crippen molar-refractivity contribution in [3.63, 3.8) is 0 Å². The predicted molar refractivity (Wildman–Crippen MR) is 82.3 cm³/mol. The highest BCUT2D eigenvalue weighted by atomic mass is 32.1. The summed E-state index contributed by atoms with van der Waals surface area (Å²) in [5.41, 5.74) is 8.45. The molecule has 1 heterocycles. The average Bonchev–Trinajstić information content (AvgIpc) is 2.80. The number of rotatable bonds is 5. The second-order valence-corrected chi connectivity index (χ2v) is 6.03. The largest absolute Gasteiger partial charge is 0.494 e. The summed E-state index contributed by atoms with van der Waals surface area (Å²) in [6.45, 7) is 7.52. The number of hydrogen-bond acceptors (Lipinski definition) is 3. The van der Waals surface area contributed by atoms with Crippen molar-refractivity contribution in [1.29, 1.82) is 0 Å². The van der Waals surface area contributed by atoms with Crippen LogP contribution in [0.25, 0.3) is 0 Å². The first-order valence-electron chi connectivity index (χ1n) is 6.65. The van der Waals surface area contributed by atoms with Crippen LogP contribution >= 0.6 is 11.3 Å². The van der Waals surface area contributed by atoms with Crippen molar-refractivity contribution >= 4 is 11.3 Å². The zero-order valence-corrected chi connectivity index (χ0v) is 12.6. The summed E-state index contributed by atoms with van der Waals surface area (Å²) in [6.07, 6.45) is 0. The van der Waals surface area contributed by atoms with Gasteiger partial charge < -0.3 is 10.5 Å². The highest BCUT2D eigenvalue weighted by molar-refractivity contribution is 7.12.